The van der Waals surface area contributed by atoms with E-state index < -0.39 is 233 Å². The monoisotopic (exact) mass is 1370 g/mol. The summed E-state index contributed by atoms with van der Waals surface area (Å²) in [4.78, 5) is 15.3. The molecule has 0 unspecified atom stereocenters. The number of hydrogen-bond donors (Lipinski definition) is 17. The normalized spacial score (nSPS) is 54.6. The van der Waals surface area contributed by atoms with E-state index in [4.69, 9.17) is 56.8 Å². The first-order chi connectivity index (χ1) is 44.5. The van der Waals surface area contributed by atoms with Crippen molar-refractivity contribution in [3.63, 3.8) is 0 Å². The first-order valence-electron chi connectivity index (χ1n) is 34.0. The molecule has 17 N–H and O–H groups in total. The van der Waals surface area contributed by atoms with Crippen LogP contribution in [0.4, 0.5) is 0 Å². The van der Waals surface area contributed by atoms with Crippen LogP contribution in [0.25, 0.3) is 0 Å². The van der Waals surface area contributed by atoms with Gasteiger partial charge < -0.3 is 144 Å². The Morgan fingerprint density at radius 2 is 1.05 bits per heavy atom. The molecule has 4 saturated carbocycles. The van der Waals surface area contributed by atoms with Gasteiger partial charge in [-0.1, -0.05) is 60.1 Å². The molecule has 10 fully saturated rings. The summed E-state index contributed by atoms with van der Waals surface area (Å²) >= 11 is 0. The van der Waals surface area contributed by atoms with E-state index in [-0.39, 0.29) is 34.0 Å². The lowest BCUT2D eigenvalue weighted by atomic mass is 9.33. The van der Waals surface area contributed by atoms with Crippen LogP contribution in [0.1, 0.15) is 127 Å². The van der Waals surface area contributed by atoms with Gasteiger partial charge in [0.1, 0.15) is 128 Å². The third-order valence-electron chi connectivity index (χ3n) is 25.2. The Bertz CT molecular complexity index is 2670. The Morgan fingerprint density at radius 3 is 1.74 bits per heavy atom. The molecular weight excluding hydrogens is 1260 g/mol. The molecule has 30 heteroatoms. The zero-order valence-corrected chi connectivity index (χ0v) is 55.4. The van der Waals surface area contributed by atoms with Crippen molar-refractivity contribution in [1.82, 2.24) is 0 Å². The highest BCUT2D eigenvalue weighted by Gasteiger charge is 2.71. The lowest BCUT2D eigenvalue weighted by molar-refractivity contribution is -0.386. The van der Waals surface area contributed by atoms with Crippen molar-refractivity contribution < 1.29 is 148 Å². The summed E-state index contributed by atoms with van der Waals surface area (Å²) < 4.78 is 71.6. The zero-order chi connectivity index (χ0) is 69.3. The van der Waals surface area contributed by atoms with Gasteiger partial charge in [-0.15, -0.1) is 0 Å². The fraction of sp³-hybridized carbons (Fsp3) is 0.954. The Hall–Kier alpha value is -1.91. The minimum Gasteiger partial charge on any atom is -0.432 e. The summed E-state index contributed by atoms with van der Waals surface area (Å²) in [6.07, 6.45) is -38.6. The van der Waals surface area contributed by atoms with Gasteiger partial charge in [0.25, 0.3) is 0 Å². The summed E-state index contributed by atoms with van der Waals surface area (Å²) in [6, 6.07) is 0. The van der Waals surface area contributed by atoms with Gasteiger partial charge in [-0.25, -0.2) is 0 Å². The maximum atomic E-state index is 15.3. The van der Waals surface area contributed by atoms with Crippen molar-refractivity contribution in [2.24, 2.45) is 50.2 Å². The van der Waals surface area contributed by atoms with Gasteiger partial charge in [0.05, 0.1) is 50.2 Å². The Kier molecular flexibility index (Phi) is 21.7. The molecular formula is C65H106O30. The quantitative estimate of drug-likeness (QED) is 0.0426. The molecule has 6 aliphatic heterocycles. The average molecular weight is 1370 g/mol. The standard InChI is InChI=1S/C65H106O30/c1-25-36(69)41(74)46(79)55(86-25)92-50-31(22-67)89-53(48(81)44(50)77)85-24-32-40(73)42(75)47(80)56(90-32)95-59(83)65-18-16-60(3,4)20-28(65)27-10-11-34-62(7)14-13-35(61(5,6)33(62)12-15-64(34,9)63(27,8)17-19-65)91-58-52(43(76)39(72)30(21-66)88-58)94-57-49(82)51(37(70)26(2)87-57)93-54-45(78)38(71)29(68)23-84-54/h10,25-26,28-58,66-82H,11-24H2,1-9H3/t25-,26-,28-,29+,30+,31+,32+,33-,34+,35-,36-,37-,38+,39-,40+,41+,42-,43-,44+,45+,46+,47+,48+,49+,50+,51+,52+,53+,54-,55-,56-,57-,58-,62-,63+,64+,65-/m0/s1. The summed E-state index contributed by atoms with van der Waals surface area (Å²) in [7, 11) is 0. The smallest absolute Gasteiger partial charge is 0.315 e. The number of hydrogen-bond acceptors (Lipinski definition) is 30. The van der Waals surface area contributed by atoms with Crippen molar-refractivity contribution in [2.75, 3.05) is 26.4 Å². The van der Waals surface area contributed by atoms with Crippen LogP contribution >= 0.6 is 0 Å². The molecule has 95 heavy (non-hydrogen) atoms. The van der Waals surface area contributed by atoms with Crippen molar-refractivity contribution in [3.05, 3.63) is 11.6 Å². The van der Waals surface area contributed by atoms with Crippen LogP contribution in [0, 0.1) is 50.2 Å². The van der Waals surface area contributed by atoms with Crippen LogP contribution in [0.3, 0.4) is 0 Å². The van der Waals surface area contributed by atoms with E-state index in [0.29, 0.717) is 51.4 Å². The first kappa shape index (κ1) is 74.3. The van der Waals surface area contributed by atoms with Gasteiger partial charge >= 0.3 is 5.97 Å². The fourth-order valence-corrected chi connectivity index (χ4v) is 19.0. The molecule has 6 saturated heterocycles. The minimum atomic E-state index is -1.91. The predicted octanol–water partition coefficient (Wildman–Crippen LogP) is -3.69. The van der Waals surface area contributed by atoms with Gasteiger partial charge in [0.15, 0.2) is 31.5 Å². The van der Waals surface area contributed by atoms with Gasteiger partial charge in [0.2, 0.25) is 6.29 Å². The maximum Gasteiger partial charge on any atom is 0.315 e. The summed E-state index contributed by atoms with van der Waals surface area (Å²) in [5.74, 6) is -0.727. The molecule has 0 aromatic heterocycles. The van der Waals surface area contributed by atoms with Crippen LogP contribution in [-0.2, 0) is 61.6 Å². The molecule has 0 spiro atoms. The lowest BCUT2D eigenvalue weighted by Gasteiger charge is -2.71. The van der Waals surface area contributed by atoms with E-state index in [0.717, 1.165) is 12.8 Å². The maximum absolute atomic E-state index is 15.3. The van der Waals surface area contributed by atoms with E-state index in [9.17, 15) is 86.8 Å². The Balaban J connectivity index is 0.772. The SMILES string of the molecule is C[C@@H]1O[C@@H](O[C@H]2[C@H](O)[C@@H](O)[C@H](OC[C@H]3O[C@@H](OC(=O)[C@]45CCC(C)(C)C[C@H]4C4=CC[C@@H]6[C@@]7(C)CC[C@H](O[C@@H]8O[C@H](CO)[C@H](O)[C@H](O)[C@H]8O[C@@H]8O[C@@H](C)[C@H](O)[C@@H](O[C@@H]9OC[C@@H](O)[C@@H](O)[C@H]9O)[C@H]8O)C(C)(C)[C@@H]7CC[C@@]6(C)[C@]4(C)CC5)[C@H](O)[C@@H](O)[C@@H]3O)O[C@@H]2CO)[C@H](O)[C@H](O)[C@H]1O. The van der Waals surface area contributed by atoms with Crippen LogP contribution in [0.5, 0.6) is 0 Å². The predicted molar refractivity (Wildman–Crippen MR) is 319 cm³/mol. The highest BCUT2D eigenvalue weighted by atomic mass is 16.8. The number of carbonyl (C=O) groups is 1. The van der Waals surface area contributed by atoms with E-state index in [2.05, 4.69) is 54.5 Å². The van der Waals surface area contributed by atoms with Crippen molar-refractivity contribution >= 4 is 5.97 Å². The van der Waals surface area contributed by atoms with E-state index in [1.807, 2.05) is 0 Å². The molecule has 0 aromatic rings. The van der Waals surface area contributed by atoms with Gasteiger partial charge in [-0.2, -0.15) is 0 Å². The molecule has 0 radical (unpaired) electrons. The zero-order valence-electron chi connectivity index (χ0n) is 55.4. The Labute approximate surface area is 551 Å². The molecule has 546 valence electrons. The minimum absolute atomic E-state index is 0.0565. The summed E-state index contributed by atoms with van der Waals surface area (Å²) in [5.41, 5.74) is -1.64. The summed E-state index contributed by atoms with van der Waals surface area (Å²) in [6.45, 7) is 16.1. The molecule has 0 amide bonds. The van der Waals surface area contributed by atoms with E-state index in [1.54, 1.807) is 0 Å². The summed E-state index contributed by atoms with van der Waals surface area (Å²) in [5, 5.41) is 185. The third kappa shape index (κ3) is 12.9. The van der Waals surface area contributed by atoms with E-state index in [1.165, 1.54) is 19.4 Å². The number of rotatable bonds is 15. The second-order valence-electron chi connectivity index (χ2n) is 31.4. The first-order valence-corrected chi connectivity index (χ1v) is 34.0. The molecule has 11 rings (SSSR count). The molecule has 11 aliphatic rings. The van der Waals surface area contributed by atoms with Gasteiger partial charge in [0, 0.05) is 0 Å². The second kappa shape index (κ2) is 27.7. The average Bonchev–Trinajstić information content (AvgIpc) is 0.676. The second-order valence-corrected chi connectivity index (χ2v) is 31.4. The Morgan fingerprint density at radius 1 is 0.495 bits per heavy atom. The van der Waals surface area contributed by atoms with Crippen LogP contribution in [0.2, 0.25) is 0 Å². The van der Waals surface area contributed by atoms with E-state index >= 15 is 4.79 Å². The largest absolute Gasteiger partial charge is 0.432 e. The third-order valence-corrected chi connectivity index (χ3v) is 25.2. The molecule has 5 aliphatic carbocycles. The number of allylic oxidation sites excluding steroid dienone is 2. The highest BCUT2D eigenvalue weighted by molar-refractivity contribution is 5.79. The van der Waals surface area contributed by atoms with Crippen molar-refractivity contribution in [2.45, 2.75) is 311 Å². The molecule has 30 nitrogen and oxygen atoms in total. The fourth-order valence-electron chi connectivity index (χ4n) is 19.0. The number of fused-ring (bicyclic) bond motifs is 7. The number of aliphatic hydroxyl groups excluding tert-OH is 17. The van der Waals surface area contributed by atoms with Gasteiger partial charge in [-0.05, 0) is 123 Å². The molecule has 37 atom stereocenters. The number of esters is 1. The molecule has 6 heterocycles. The molecule has 0 aromatic carbocycles. The number of aliphatic hydroxyl groups is 17. The van der Waals surface area contributed by atoms with Crippen molar-refractivity contribution in [1.29, 1.82) is 0 Å². The number of carbonyl (C=O) groups excluding carboxylic acids is 1. The lowest BCUT2D eigenvalue weighted by Crippen LogP contribution is -2.67. The highest BCUT2D eigenvalue weighted by Crippen LogP contribution is 2.76. The van der Waals surface area contributed by atoms with Crippen molar-refractivity contribution in [3.8, 4) is 0 Å². The van der Waals surface area contributed by atoms with Gasteiger partial charge in [-0.3, -0.25) is 4.79 Å². The van der Waals surface area contributed by atoms with Crippen LogP contribution in [0.15, 0.2) is 11.6 Å². The number of ether oxygens (including phenoxy) is 12. The van der Waals surface area contributed by atoms with Crippen LogP contribution < -0.4 is 0 Å². The van der Waals surface area contributed by atoms with Crippen LogP contribution in [-0.4, -0.2) is 303 Å². The topological polar surface area (TPSA) is 472 Å². The molecule has 0 bridgehead atoms.